The van der Waals surface area contributed by atoms with Crippen molar-refractivity contribution < 1.29 is 4.79 Å². The van der Waals surface area contributed by atoms with Gasteiger partial charge in [0.1, 0.15) is 6.54 Å². The zero-order valence-electron chi connectivity index (χ0n) is 11.4. The summed E-state index contributed by atoms with van der Waals surface area (Å²) in [5, 5.41) is 8.76. The molecule has 1 aliphatic heterocycles. The van der Waals surface area contributed by atoms with Crippen LogP contribution in [0, 0.1) is 11.3 Å². The molecule has 102 valence electrons. The number of benzene rings is 1. The van der Waals surface area contributed by atoms with E-state index in [1.165, 1.54) is 0 Å². The molecule has 6 nitrogen and oxygen atoms in total. The Morgan fingerprint density at radius 1 is 1.45 bits per heavy atom. The highest BCUT2D eigenvalue weighted by molar-refractivity contribution is 5.79. The zero-order valence-corrected chi connectivity index (χ0v) is 11.4. The number of nitrogens with zero attached hydrogens (tertiary/aromatic N) is 5. The SMILES string of the molecule is CN1C(=O)N(CC#N)CC1c1ccc2c(c1)ncn2C. The second-order valence-corrected chi connectivity index (χ2v) is 5.05. The molecule has 1 atom stereocenters. The van der Waals surface area contributed by atoms with Crippen molar-refractivity contribution in [2.24, 2.45) is 7.05 Å². The lowest BCUT2D eigenvalue weighted by Crippen LogP contribution is -2.29. The number of amides is 2. The molecule has 1 fully saturated rings. The van der Waals surface area contributed by atoms with Crippen molar-refractivity contribution in [3.8, 4) is 6.07 Å². The molecular formula is C14H15N5O. The molecule has 6 heteroatoms. The highest BCUT2D eigenvalue weighted by atomic mass is 16.2. The third-order valence-electron chi connectivity index (χ3n) is 3.83. The first-order chi connectivity index (χ1) is 9.61. The van der Waals surface area contributed by atoms with Gasteiger partial charge in [-0.15, -0.1) is 0 Å². The molecule has 1 aromatic heterocycles. The van der Waals surface area contributed by atoms with E-state index in [1.54, 1.807) is 23.2 Å². The Balaban J connectivity index is 1.95. The van der Waals surface area contributed by atoms with Gasteiger partial charge < -0.3 is 14.4 Å². The van der Waals surface area contributed by atoms with Crippen LogP contribution in [-0.4, -0.2) is 45.5 Å². The molecule has 0 saturated carbocycles. The second-order valence-electron chi connectivity index (χ2n) is 5.05. The third kappa shape index (κ3) is 1.79. The molecule has 2 heterocycles. The minimum absolute atomic E-state index is 0.0257. The molecule has 20 heavy (non-hydrogen) atoms. The zero-order chi connectivity index (χ0) is 14.3. The van der Waals surface area contributed by atoms with Crippen LogP contribution in [0.15, 0.2) is 24.5 Å². The Hall–Kier alpha value is -2.55. The van der Waals surface area contributed by atoms with Crippen molar-refractivity contribution in [1.29, 1.82) is 5.26 Å². The van der Waals surface area contributed by atoms with Gasteiger partial charge in [-0.1, -0.05) is 6.07 Å². The molecule has 0 N–H and O–H groups in total. The fourth-order valence-corrected chi connectivity index (χ4v) is 2.67. The maximum Gasteiger partial charge on any atom is 0.321 e. The predicted octanol–water partition coefficient (Wildman–Crippen LogP) is 1.51. The quantitative estimate of drug-likeness (QED) is 0.776. The number of hydrogen-bond acceptors (Lipinski definition) is 3. The number of aryl methyl sites for hydroxylation is 1. The van der Waals surface area contributed by atoms with Crippen LogP contribution in [0.25, 0.3) is 11.0 Å². The number of aromatic nitrogens is 2. The van der Waals surface area contributed by atoms with Gasteiger partial charge in [-0.05, 0) is 17.7 Å². The topological polar surface area (TPSA) is 65.2 Å². The van der Waals surface area contributed by atoms with Crippen LogP contribution in [0.5, 0.6) is 0 Å². The second kappa shape index (κ2) is 4.53. The van der Waals surface area contributed by atoms with Crippen molar-refractivity contribution in [3.05, 3.63) is 30.1 Å². The van der Waals surface area contributed by atoms with Gasteiger partial charge in [0.2, 0.25) is 0 Å². The fraction of sp³-hybridized carbons (Fsp3) is 0.357. The average molecular weight is 269 g/mol. The van der Waals surface area contributed by atoms with Crippen LogP contribution in [0.2, 0.25) is 0 Å². The lowest BCUT2D eigenvalue weighted by atomic mass is 10.1. The highest BCUT2D eigenvalue weighted by Gasteiger charge is 2.35. The van der Waals surface area contributed by atoms with Crippen LogP contribution < -0.4 is 0 Å². The van der Waals surface area contributed by atoms with Gasteiger partial charge >= 0.3 is 6.03 Å². The standard InChI is InChI=1S/C14H15N5O/c1-17-9-16-11-7-10(3-4-12(11)17)13-8-19(6-5-15)14(20)18(13)2/h3-4,7,9,13H,6,8H2,1-2H3. The van der Waals surface area contributed by atoms with Crippen molar-refractivity contribution in [3.63, 3.8) is 0 Å². The number of hydrogen-bond donors (Lipinski definition) is 0. The molecule has 3 rings (SSSR count). The molecule has 0 aliphatic carbocycles. The summed E-state index contributed by atoms with van der Waals surface area (Å²) < 4.78 is 1.96. The van der Waals surface area contributed by atoms with Crippen LogP contribution in [0.4, 0.5) is 4.79 Å². The van der Waals surface area contributed by atoms with E-state index in [1.807, 2.05) is 35.9 Å². The predicted molar refractivity (Wildman–Crippen MR) is 73.8 cm³/mol. The first kappa shape index (κ1) is 12.5. The van der Waals surface area contributed by atoms with Crippen molar-refractivity contribution in [1.82, 2.24) is 19.4 Å². The Morgan fingerprint density at radius 2 is 2.25 bits per heavy atom. The Morgan fingerprint density at radius 3 is 3.00 bits per heavy atom. The number of nitriles is 1. The summed E-state index contributed by atoms with van der Waals surface area (Å²) in [6, 6.07) is 7.96. The number of fused-ring (bicyclic) bond motifs is 1. The largest absolute Gasteiger partial charge is 0.334 e. The van der Waals surface area contributed by atoms with Gasteiger partial charge in [-0.25, -0.2) is 9.78 Å². The molecule has 1 aliphatic rings. The van der Waals surface area contributed by atoms with Crippen LogP contribution in [0.3, 0.4) is 0 Å². The van der Waals surface area contributed by atoms with E-state index < -0.39 is 0 Å². The number of carbonyl (C=O) groups is 1. The van der Waals surface area contributed by atoms with E-state index in [2.05, 4.69) is 4.98 Å². The first-order valence-electron chi connectivity index (χ1n) is 6.41. The lowest BCUT2D eigenvalue weighted by Gasteiger charge is -2.18. The molecule has 0 radical (unpaired) electrons. The minimum Gasteiger partial charge on any atom is -0.334 e. The lowest BCUT2D eigenvalue weighted by molar-refractivity contribution is 0.199. The van der Waals surface area contributed by atoms with Gasteiger partial charge in [0.15, 0.2) is 0 Å². The summed E-state index contributed by atoms with van der Waals surface area (Å²) in [7, 11) is 3.72. The van der Waals surface area contributed by atoms with E-state index in [0.717, 1.165) is 16.6 Å². The van der Waals surface area contributed by atoms with E-state index in [4.69, 9.17) is 5.26 Å². The van der Waals surface area contributed by atoms with Crippen LogP contribution in [0.1, 0.15) is 11.6 Å². The Bertz CT molecular complexity index is 714. The maximum absolute atomic E-state index is 12.0. The Kier molecular flexibility index (Phi) is 2.83. The summed E-state index contributed by atoms with van der Waals surface area (Å²) in [6.07, 6.45) is 1.78. The third-order valence-corrected chi connectivity index (χ3v) is 3.83. The molecule has 0 bridgehead atoms. The molecular weight excluding hydrogens is 254 g/mol. The van der Waals surface area contributed by atoms with Crippen LogP contribution in [-0.2, 0) is 7.05 Å². The first-order valence-corrected chi connectivity index (χ1v) is 6.41. The fourth-order valence-electron chi connectivity index (χ4n) is 2.67. The molecule has 0 spiro atoms. The molecule has 1 unspecified atom stereocenters. The Labute approximate surface area is 116 Å². The van der Waals surface area contributed by atoms with E-state index in [0.29, 0.717) is 6.54 Å². The number of carbonyl (C=O) groups excluding carboxylic acids is 1. The number of rotatable bonds is 2. The summed E-state index contributed by atoms with van der Waals surface area (Å²) in [5.41, 5.74) is 3.03. The van der Waals surface area contributed by atoms with Crippen molar-refractivity contribution in [2.75, 3.05) is 20.1 Å². The summed E-state index contributed by atoms with van der Waals surface area (Å²) >= 11 is 0. The minimum atomic E-state index is -0.0994. The summed E-state index contributed by atoms with van der Waals surface area (Å²) in [5.74, 6) is 0. The highest BCUT2D eigenvalue weighted by Crippen LogP contribution is 2.29. The molecule has 2 amide bonds. The normalized spacial score (nSPS) is 18.9. The smallest absolute Gasteiger partial charge is 0.321 e. The molecule has 1 saturated heterocycles. The van der Waals surface area contributed by atoms with E-state index in [-0.39, 0.29) is 18.6 Å². The number of imidazole rings is 1. The number of urea groups is 1. The van der Waals surface area contributed by atoms with Gasteiger partial charge in [-0.2, -0.15) is 5.26 Å². The maximum atomic E-state index is 12.0. The van der Waals surface area contributed by atoms with Crippen LogP contribution >= 0.6 is 0 Å². The molecule has 1 aromatic carbocycles. The summed E-state index contributed by atoms with van der Waals surface area (Å²) in [6.45, 7) is 0.673. The van der Waals surface area contributed by atoms with Gasteiger partial charge in [0.05, 0.1) is 29.5 Å². The van der Waals surface area contributed by atoms with E-state index in [9.17, 15) is 4.79 Å². The molecule has 2 aromatic rings. The van der Waals surface area contributed by atoms with Gasteiger partial charge in [-0.3, -0.25) is 0 Å². The summed E-state index contributed by atoms with van der Waals surface area (Å²) in [4.78, 5) is 19.6. The van der Waals surface area contributed by atoms with Crippen molar-refractivity contribution >= 4 is 17.1 Å². The monoisotopic (exact) mass is 269 g/mol. The average Bonchev–Trinajstić information content (AvgIpc) is 2.95. The van der Waals surface area contributed by atoms with Crippen molar-refractivity contribution in [2.45, 2.75) is 6.04 Å². The number of likely N-dealkylation sites (N-methyl/N-ethyl adjacent to an activating group) is 1. The van der Waals surface area contributed by atoms with Gasteiger partial charge in [0.25, 0.3) is 0 Å². The van der Waals surface area contributed by atoms with E-state index >= 15 is 0 Å². The van der Waals surface area contributed by atoms with Gasteiger partial charge in [0, 0.05) is 20.6 Å².